The Morgan fingerprint density at radius 2 is 2.17 bits per heavy atom. The summed E-state index contributed by atoms with van der Waals surface area (Å²) in [4.78, 5) is 19.2. The molecule has 0 saturated heterocycles. The van der Waals surface area contributed by atoms with Crippen LogP contribution in [0.4, 0.5) is 5.13 Å². The summed E-state index contributed by atoms with van der Waals surface area (Å²) in [5.41, 5.74) is 2.45. The minimum atomic E-state index is 0.0590. The Kier molecular flexibility index (Phi) is 5.38. The van der Waals surface area contributed by atoms with E-state index in [9.17, 15) is 4.79 Å². The second kappa shape index (κ2) is 7.49. The zero-order valence-electron chi connectivity index (χ0n) is 13.6. The Morgan fingerprint density at radius 1 is 1.39 bits per heavy atom. The van der Waals surface area contributed by atoms with Gasteiger partial charge in [0.1, 0.15) is 0 Å². The van der Waals surface area contributed by atoms with Crippen LogP contribution < -0.4 is 5.32 Å². The number of benzene rings is 1. The fourth-order valence-corrected chi connectivity index (χ4v) is 4.71. The average molecular weight is 347 g/mol. The van der Waals surface area contributed by atoms with E-state index in [4.69, 9.17) is 0 Å². The van der Waals surface area contributed by atoms with Gasteiger partial charge < -0.3 is 5.32 Å². The fraction of sp³-hybridized carbons (Fsp3) is 0.444. The molecule has 3 rings (SSSR count). The van der Waals surface area contributed by atoms with Crippen LogP contribution in [0.2, 0.25) is 0 Å². The molecule has 1 aromatic heterocycles. The van der Waals surface area contributed by atoms with E-state index in [2.05, 4.69) is 48.4 Å². The van der Waals surface area contributed by atoms with E-state index in [1.165, 1.54) is 27.5 Å². The second-order valence-electron chi connectivity index (χ2n) is 6.20. The highest BCUT2D eigenvalue weighted by Crippen LogP contribution is 2.32. The van der Waals surface area contributed by atoms with Crippen LogP contribution in [0.15, 0.2) is 29.2 Å². The van der Waals surface area contributed by atoms with Crippen LogP contribution >= 0.6 is 23.1 Å². The molecule has 23 heavy (non-hydrogen) atoms. The van der Waals surface area contributed by atoms with E-state index in [0.29, 0.717) is 6.42 Å². The third-order valence-electron chi connectivity index (χ3n) is 4.05. The number of hydrogen-bond acceptors (Lipinski definition) is 4. The molecule has 0 bridgehead atoms. The third kappa shape index (κ3) is 4.58. The SMILES string of the molecule is Cc1ccc(SCCC(=O)Nc2nc3c(s2)C[C@@H](C)CC3)cc1. The summed E-state index contributed by atoms with van der Waals surface area (Å²) in [6.07, 6.45) is 3.87. The molecule has 0 aliphatic heterocycles. The van der Waals surface area contributed by atoms with Gasteiger partial charge in [-0.1, -0.05) is 24.6 Å². The van der Waals surface area contributed by atoms with Gasteiger partial charge in [0.15, 0.2) is 5.13 Å². The van der Waals surface area contributed by atoms with E-state index >= 15 is 0 Å². The van der Waals surface area contributed by atoms with E-state index in [-0.39, 0.29) is 5.91 Å². The third-order valence-corrected chi connectivity index (χ3v) is 6.10. The molecule has 0 unspecified atom stereocenters. The fourth-order valence-electron chi connectivity index (χ4n) is 2.67. The van der Waals surface area contributed by atoms with Crippen LogP contribution in [0.25, 0.3) is 0 Å². The highest BCUT2D eigenvalue weighted by molar-refractivity contribution is 7.99. The van der Waals surface area contributed by atoms with Crippen LogP contribution in [0.3, 0.4) is 0 Å². The Balaban J connectivity index is 1.47. The molecule has 122 valence electrons. The maximum absolute atomic E-state index is 12.1. The van der Waals surface area contributed by atoms with Crippen molar-refractivity contribution >= 4 is 34.1 Å². The molecule has 2 aromatic rings. The van der Waals surface area contributed by atoms with Gasteiger partial charge in [-0.05, 0) is 44.2 Å². The molecule has 0 spiro atoms. The molecule has 0 radical (unpaired) electrons. The highest BCUT2D eigenvalue weighted by Gasteiger charge is 2.20. The molecular weight excluding hydrogens is 324 g/mol. The van der Waals surface area contributed by atoms with Crippen molar-refractivity contribution in [3.8, 4) is 0 Å². The summed E-state index contributed by atoms with van der Waals surface area (Å²) in [7, 11) is 0. The molecule has 3 nitrogen and oxygen atoms in total. The first kappa shape index (κ1) is 16.5. The largest absolute Gasteiger partial charge is 0.302 e. The minimum absolute atomic E-state index is 0.0590. The number of amides is 1. The number of nitrogens with one attached hydrogen (secondary N) is 1. The number of anilines is 1. The lowest BCUT2D eigenvalue weighted by Crippen LogP contribution is -2.12. The summed E-state index contributed by atoms with van der Waals surface area (Å²) in [5, 5.41) is 3.74. The number of thioether (sulfide) groups is 1. The zero-order chi connectivity index (χ0) is 16.2. The first-order chi connectivity index (χ1) is 11.1. The summed E-state index contributed by atoms with van der Waals surface area (Å²) < 4.78 is 0. The smallest absolute Gasteiger partial charge is 0.226 e. The summed E-state index contributed by atoms with van der Waals surface area (Å²) in [6, 6.07) is 8.41. The van der Waals surface area contributed by atoms with Gasteiger partial charge in [-0.3, -0.25) is 4.79 Å². The van der Waals surface area contributed by atoms with E-state index in [1.54, 1.807) is 23.1 Å². The maximum atomic E-state index is 12.1. The van der Waals surface area contributed by atoms with Gasteiger partial charge in [-0.15, -0.1) is 23.1 Å². The summed E-state index contributed by atoms with van der Waals surface area (Å²) >= 11 is 3.37. The Hall–Kier alpha value is -1.33. The van der Waals surface area contributed by atoms with Gasteiger partial charge >= 0.3 is 0 Å². The van der Waals surface area contributed by atoms with Crippen molar-refractivity contribution in [1.82, 2.24) is 4.98 Å². The van der Waals surface area contributed by atoms with Gasteiger partial charge in [0.25, 0.3) is 0 Å². The maximum Gasteiger partial charge on any atom is 0.226 e. The molecule has 0 fully saturated rings. The van der Waals surface area contributed by atoms with Crippen molar-refractivity contribution in [2.24, 2.45) is 5.92 Å². The lowest BCUT2D eigenvalue weighted by molar-refractivity contribution is -0.115. The quantitative estimate of drug-likeness (QED) is 0.798. The molecule has 5 heteroatoms. The number of aromatic nitrogens is 1. The zero-order valence-corrected chi connectivity index (χ0v) is 15.2. The molecule has 1 N–H and O–H groups in total. The van der Waals surface area contributed by atoms with E-state index in [1.807, 2.05) is 0 Å². The second-order valence-corrected chi connectivity index (χ2v) is 8.45. The van der Waals surface area contributed by atoms with Crippen LogP contribution in [0.1, 0.15) is 35.9 Å². The van der Waals surface area contributed by atoms with Gasteiger partial charge in [0.2, 0.25) is 5.91 Å². The predicted octanol–water partition coefficient (Wildman–Crippen LogP) is 4.70. The average Bonchev–Trinajstić information content (AvgIpc) is 2.90. The molecular formula is C18H22N2OS2. The number of thiazole rings is 1. The summed E-state index contributed by atoms with van der Waals surface area (Å²) in [5.74, 6) is 1.58. The lowest BCUT2D eigenvalue weighted by Gasteiger charge is -2.15. The van der Waals surface area contributed by atoms with Gasteiger partial charge in [-0.2, -0.15) is 0 Å². The van der Waals surface area contributed by atoms with Gasteiger partial charge in [0, 0.05) is 21.9 Å². The summed E-state index contributed by atoms with van der Waals surface area (Å²) in [6.45, 7) is 4.36. The normalized spacial score (nSPS) is 16.9. The monoisotopic (exact) mass is 346 g/mol. The van der Waals surface area contributed by atoms with Crippen molar-refractivity contribution < 1.29 is 4.79 Å². The van der Waals surface area contributed by atoms with E-state index in [0.717, 1.165) is 29.6 Å². The van der Waals surface area contributed by atoms with Crippen LogP contribution in [-0.2, 0) is 17.6 Å². The topological polar surface area (TPSA) is 42.0 Å². The number of carbonyl (C=O) groups excluding carboxylic acids is 1. The Bertz CT molecular complexity index is 679. The molecule has 0 saturated carbocycles. The number of fused-ring (bicyclic) bond motifs is 1. The number of aryl methyl sites for hydroxylation is 2. The molecule has 1 aromatic carbocycles. The van der Waals surface area contributed by atoms with Crippen LogP contribution in [0.5, 0.6) is 0 Å². The Labute approximate surface area is 145 Å². The van der Waals surface area contributed by atoms with Crippen molar-refractivity contribution in [3.05, 3.63) is 40.4 Å². The van der Waals surface area contributed by atoms with Crippen molar-refractivity contribution in [1.29, 1.82) is 0 Å². The van der Waals surface area contributed by atoms with Crippen molar-refractivity contribution in [2.75, 3.05) is 11.1 Å². The van der Waals surface area contributed by atoms with E-state index < -0.39 is 0 Å². The predicted molar refractivity (Wildman–Crippen MR) is 98.5 cm³/mol. The molecule has 1 heterocycles. The molecule has 1 atom stereocenters. The molecule has 1 aliphatic carbocycles. The number of carbonyl (C=O) groups is 1. The lowest BCUT2D eigenvalue weighted by atomic mass is 9.93. The highest BCUT2D eigenvalue weighted by atomic mass is 32.2. The van der Waals surface area contributed by atoms with Crippen molar-refractivity contribution in [3.63, 3.8) is 0 Å². The first-order valence-electron chi connectivity index (χ1n) is 8.08. The Morgan fingerprint density at radius 3 is 2.96 bits per heavy atom. The minimum Gasteiger partial charge on any atom is -0.302 e. The molecule has 1 aliphatic rings. The number of nitrogens with zero attached hydrogens (tertiary/aromatic N) is 1. The van der Waals surface area contributed by atoms with Crippen molar-refractivity contribution in [2.45, 2.75) is 44.4 Å². The first-order valence-corrected chi connectivity index (χ1v) is 9.88. The standard InChI is InChI=1S/C18H22N2OS2/c1-12-3-6-14(7-4-12)22-10-9-17(21)20-18-19-15-8-5-13(2)11-16(15)23-18/h3-4,6-7,13H,5,8-11H2,1-2H3,(H,19,20,21)/t13-/m0/s1. The number of rotatable bonds is 5. The van der Waals surface area contributed by atoms with Gasteiger partial charge in [-0.25, -0.2) is 4.98 Å². The van der Waals surface area contributed by atoms with Crippen LogP contribution in [0, 0.1) is 12.8 Å². The number of hydrogen-bond donors (Lipinski definition) is 1. The molecule has 1 amide bonds. The van der Waals surface area contributed by atoms with Crippen LogP contribution in [-0.4, -0.2) is 16.6 Å². The van der Waals surface area contributed by atoms with Gasteiger partial charge in [0.05, 0.1) is 5.69 Å².